The van der Waals surface area contributed by atoms with Crippen molar-refractivity contribution in [1.82, 2.24) is 10.1 Å². The van der Waals surface area contributed by atoms with Crippen LogP contribution in [0.3, 0.4) is 0 Å². The molecular formula is C14H8FN3OS. The molecule has 20 heavy (non-hydrogen) atoms. The summed E-state index contributed by atoms with van der Waals surface area (Å²) in [6, 6.07) is 9.92. The number of halogens is 1. The summed E-state index contributed by atoms with van der Waals surface area (Å²) in [6.45, 7) is 1.79. The lowest BCUT2D eigenvalue weighted by atomic mass is 10.1. The van der Waals surface area contributed by atoms with E-state index in [4.69, 9.17) is 9.78 Å². The fraction of sp³-hybridized carbons (Fsp3) is 0.0714. The lowest BCUT2D eigenvalue weighted by Crippen LogP contribution is -1.87. The fourth-order valence-electron chi connectivity index (χ4n) is 1.82. The number of thiophene rings is 1. The van der Waals surface area contributed by atoms with Crippen LogP contribution < -0.4 is 0 Å². The Kier molecular flexibility index (Phi) is 3.05. The summed E-state index contributed by atoms with van der Waals surface area (Å²) in [5, 5.41) is 12.7. The molecule has 0 radical (unpaired) electrons. The summed E-state index contributed by atoms with van der Waals surface area (Å²) in [4.78, 5) is 5.61. The Morgan fingerprint density at radius 2 is 2.15 bits per heavy atom. The molecule has 0 bridgehead atoms. The Hall–Kier alpha value is -2.52. The van der Waals surface area contributed by atoms with Crippen LogP contribution in [0.25, 0.3) is 22.2 Å². The van der Waals surface area contributed by atoms with Gasteiger partial charge in [0, 0.05) is 5.56 Å². The van der Waals surface area contributed by atoms with Crippen LogP contribution >= 0.6 is 11.3 Å². The maximum Gasteiger partial charge on any atom is 0.268 e. The van der Waals surface area contributed by atoms with Crippen LogP contribution in [0, 0.1) is 24.1 Å². The molecule has 0 aliphatic heterocycles. The van der Waals surface area contributed by atoms with E-state index in [0.29, 0.717) is 16.6 Å². The molecule has 0 aliphatic rings. The molecule has 0 fully saturated rings. The monoisotopic (exact) mass is 285 g/mol. The van der Waals surface area contributed by atoms with E-state index in [1.807, 2.05) is 0 Å². The van der Waals surface area contributed by atoms with Gasteiger partial charge in [0.1, 0.15) is 16.8 Å². The maximum atomic E-state index is 13.1. The molecule has 0 N–H and O–H groups in total. The topological polar surface area (TPSA) is 62.7 Å². The first kappa shape index (κ1) is 12.5. The standard InChI is InChI=1S/C14H8FN3OS/c1-8-6-9(15)2-4-11(8)13-17-14(19-18-13)12-5-3-10(7-16)20-12/h2-6H,1H3. The lowest BCUT2D eigenvalue weighted by Gasteiger charge is -1.99. The molecule has 2 aromatic heterocycles. The minimum atomic E-state index is -0.299. The van der Waals surface area contributed by atoms with E-state index >= 15 is 0 Å². The molecule has 6 heteroatoms. The van der Waals surface area contributed by atoms with E-state index in [0.717, 1.165) is 16.0 Å². The number of rotatable bonds is 2. The highest BCUT2D eigenvalue weighted by atomic mass is 32.1. The van der Waals surface area contributed by atoms with E-state index in [1.165, 1.54) is 23.5 Å². The van der Waals surface area contributed by atoms with Crippen LogP contribution in [0.15, 0.2) is 34.9 Å². The van der Waals surface area contributed by atoms with E-state index < -0.39 is 0 Å². The molecule has 0 atom stereocenters. The van der Waals surface area contributed by atoms with Gasteiger partial charge in [-0.3, -0.25) is 0 Å². The van der Waals surface area contributed by atoms with Crippen molar-refractivity contribution in [2.75, 3.05) is 0 Å². The summed E-state index contributed by atoms with van der Waals surface area (Å²) >= 11 is 1.28. The molecule has 2 heterocycles. The Morgan fingerprint density at radius 1 is 1.30 bits per heavy atom. The minimum absolute atomic E-state index is 0.299. The van der Waals surface area contributed by atoms with Crippen molar-refractivity contribution >= 4 is 11.3 Å². The fourth-order valence-corrected chi connectivity index (χ4v) is 2.55. The van der Waals surface area contributed by atoms with Gasteiger partial charge in [0.25, 0.3) is 5.89 Å². The zero-order chi connectivity index (χ0) is 14.1. The molecule has 0 spiro atoms. The predicted molar refractivity (Wildman–Crippen MR) is 72.5 cm³/mol. The van der Waals surface area contributed by atoms with Crippen LogP contribution in [0.1, 0.15) is 10.4 Å². The van der Waals surface area contributed by atoms with Gasteiger partial charge in [-0.15, -0.1) is 11.3 Å². The quantitative estimate of drug-likeness (QED) is 0.718. The molecule has 0 saturated heterocycles. The highest BCUT2D eigenvalue weighted by Crippen LogP contribution is 2.29. The molecule has 0 amide bonds. The van der Waals surface area contributed by atoms with Crippen molar-refractivity contribution in [2.24, 2.45) is 0 Å². The average Bonchev–Trinajstić information content (AvgIpc) is 3.07. The summed E-state index contributed by atoms with van der Waals surface area (Å²) in [7, 11) is 0. The number of aromatic nitrogens is 2. The van der Waals surface area contributed by atoms with Crippen LogP contribution in [-0.2, 0) is 0 Å². The molecule has 4 nitrogen and oxygen atoms in total. The maximum absolute atomic E-state index is 13.1. The third-order valence-electron chi connectivity index (χ3n) is 2.78. The van der Waals surface area contributed by atoms with Crippen LogP contribution in [-0.4, -0.2) is 10.1 Å². The molecule has 3 rings (SSSR count). The van der Waals surface area contributed by atoms with Gasteiger partial charge in [0.2, 0.25) is 5.82 Å². The zero-order valence-electron chi connectivity index (χ0n) is 10.4. The number of nitrogens with zero attached hydrogens (tertiary/aromatic N) is 3. The first-order chi connectivity index (χ1) is 9.67. The molecule has 0 saturated carbocycles. The normalized spacial score (nSPS) is 10.4. The second-order valence-corrected chi connectivity index (χ2v) is 5.24. The molecule has 1 aromatic carbocycles. The van der Waals surface area contributed by atoms with Crippen LogP contribution in [0.4, 0.5) is 4.39 Å². The van der Waals surface area contributed by atoms with Crippen molar-refractivity contribution in [3.8, 4) is 28.2 Å². The van der Waals surface area contributed by atoms with Gasteiger partial charge in [-0.1, -0.05) is 5.16 Å². The second-order valence-electron chi connectivity index (χ2n) is 4.16. The lowest BCUT2D eigenvalue weighted by molar-refractivity contribution is 0.433. The van der Waals surface area contributed by atoms with Gasteiger partial charge in [0.15, 0.2) is 0 Å². The number of benzene rings is 1. The number of nitriles is 1. The van der Waals surface area contributed by atoms with E-state index in [-0.39, 0.29) is 5.82 Å². The summed E-state index contributed by atoms with van der Waals surface area (Å²) in [5.41, 5.74) is 1.46. The van der Waals surface area contributed by atoms with Gasteiger partial charge in [-0.05, 0) is 42.8 Å². The summed E-state index contributed by atoms with van der Waals surface area (Å²) < 4.78 is 18.3. The Morgan fingerprint density at radius 3 is 2.85 bits per heavy atom. The van der Waals surface area contributed by atoms with Crippen LogP contribution in [0.2, 0.25) is 0 Å². The third-order valence-corrected chi connectivity index (χ3v) is 3.76. The van der Waals surface area contributed by atoms with Gasteiger partial charge in [0.05, 0.1) is 4.88 Å². The number of hydrogen-bond donors (Lipinski definition) is 0. The third kappa shape index (κ3) is 2.19. The second kappa shape index (κ2) is 4.87. The average molecular weight is 285 g/mol. The SMILES string of the molecule is Cc1cc(F)ccc1-c1noc(-c2ccc(C#N)s2)n1. The van der Waals surface area contributed by atoms with Crippen LogP contribution in [0.5, 0.6) is 0 Å². The van der Waals surface area contributed by atoms with Crippen molar-refractivity contribution in [3.05, 3.63) is 46.6 Å². The van der Waals surface area contributed by atoms with Crippen molar-refractivity contribution in [2.45, 2.75) is 6.92 Å². The van der Waals surface area contributed by atoms with Gasteiger partial charge < -0.3 is 4.52 Å². The highest BCUT2D eigenvalue weighted by molar-refractivity contribution is 7.15. The van der Waals surface area contributed by atoms with Gasteiger partial charge in [-0.25, -0.2) is 4.39 Å². The van der Waals surface area contributed by atoms with E-state index in [9.17, 15) is 4.39 Å². The van der Waals surface area contributed by atoms with Crippen molar-refractivity contribution in [3.63, 3.8) is 0 Å². The first-order valence-electron chi connectivity index (χ1n) is 5.78. The molecule has 0 unspecified atom stereocenters. The highest BCUT2D eigenvalue weighted by Gasteiger charge is 2.14. The molecule has 3 aromatic rings. The summed E-state index contributed by atoms with van der Waals surface area (Å²) in [5.74, 6) is 0.464. The van der Waals surface area contributed by atoms with E-state index in [2.05, 4.69) is 16.2 Å². The minimum Gasteiger partial charge on any atom is -0.333 e. The largest absolute Gasteiger partial charge is 0.333 e. The smallest absolute Gasteiger partial charge is 0.268 e. The molecular weight excluding hydrogens is 277 g/mol. The zero-order valence-corrected chi connectivity index (χ0v) is 11.2. The Bertz CT molecular complexity index is 816. The van der Waals surface area contributed by atoms with Gasteiger partial charge in [-0.2, -0.15) is 10.2 Å². The Labute approximate surface area is 118 Å². The first-order valence-corrected chi connectivity index (χ1v) is 6.59. The predicted octanol–water partition coefficient (Wildman–Crippen LogP) is 3.78. The Balaban J connectivity index is 2.00. The molecule has 0 aliphatic carbocycles. The number of hydrogen-bond acceptors (Lipinski definition) is 5. The molecule has 98 valence electrons. The number of aryl methyl sites for hydroxylation is 1. The van der Waals surface area contributed by atoms with Crippen molar-refractivity contribution in [1.29, 1.82) is 5.26 Å². The van der Waals surface area contributed by atoms with Crippen molar-refractivity contribution < 1.29 is 8.91 Å². The summed E-state index contributed by atoms with van der Waals surface area (Å²) in [6.07, 6.45) is 0. The van der Waals surface area contributed by atoms with Gasteiger partial charge >= 0.3 is 0 Å². The van der Waals surface area contributed by atoms with E-state index in [1.54, 1.807) is 25.1 Å².